The van der Waals surface area contributed by atoms with E-state index in [0.717, 1.165) is 4.78 Å². The second-order valence-corrected chi connectivity index (χ2v) is 9.38. The fourth-order valence-electron chi connectivity index (χ4n) is 4.71. The number of hydrogen-bond acceptors (Lipinski definition) is 3. The van der Waals surface area contributed by atoms with E-state index in [1.165, 1.54) is 46.1 Å². The molecule has 26 heavy (non-hydrogen) atoms. The second-order valence-electron chi connectivity index (χ2n) is 8.30. The molecule has 3 heterocycles. The number of hydrogen-bond donors (Lipinski definition) is 1. The van der Waals surface area contributed by atoms with Gasteiger partial charge in [-0.15, -0.1) is 11.3 Å². The summed E-state index contributed by atoms with van der Waals surface area (Å²) in [6.45, 7) is 9.23. The van der Waals surface area contributed by atoms with Gasteiger partial charge in [-0.05, 0) is 28.8 Å². The number of fused-ring (bicyclic) bond motifs is 4. The van der Waals surface area contributed by atoms with Crippen molar-refractivity contribution >= 4 is 40.7 Å². The zero-order valence-corrected chi connectivity index (χ0v) is 16.3. The first-order valence-corrected chi connectivity index (χ1v) is 9.84. The topological polar surface area (TPSA) is 23.5 Å². The zero-order chi connectivity index (χ0) is 18.3. The van der Waals surface area contributed by atoms with E-state index in [0.29, 0.717) is 0 Å². The maximum Gasteiger partial charge on any atom is 0.338 e. The van der Waals surface area contributed by atoms with Crippen LogP contribution in [0.1, 0.15) is 49.3 Å². The van der Waals surface area contributed by atoms with Crippen molar-refractivity contribution in [2.75, 3.05) is 4.90 Å². The third-order valence-corrected chi connectivity index (χ3v) is 7.47. The van der Waals surface area contributed by atoms with Crippen LogP contribution < -0.4 is 9.68 Å². The Morgan fingerprint density at radius 1 is 0.846 bits per heavy atom. The van der Waals surface area contributed by atoms with Gasteiger partial charge in [-0.3, -0.25) is 0 Å². The Bertz CT molecular complexity index is 1050. The summed E-state index contributed by atoms with van der Waals surface area (Å²) in [5, 5.41) is 9.65. The van der Waals surface area contributed by atoms with Gasteiger partial charge in [0.2, 0.25) is 0 Å². The van der Waals surface area contributed by atoms with E-state index in [-0.39, 0.29) is 10.8 Å². The summed E-state index contributed by atoms with van der Waals surface area (Å²) in [4.78, 5) is 3.71. The lowest BCUT2D eigenvalue weighted by Gasteiger charge is -2.48. The van der Waals surface area contributed by atoms with Crippen LogP contribution in [0.2, 0.25) is 0 Å². The molecule has 1 aromatic heterocycles. The molecule has 2 aromatic carbocycles. The maximum atomic E-state index is 9.65. The summed E-state index contributed by atoms with van der Waals surface area (Å²) >= 11 is 1.68. The Balaban J connectivity index is 1.94. The van der Waals surface area contributed by atoms with Crippen molar-refractivity contribution in [1.82, 2.24) is 0 Å². The minimum Gasteiger partial charge on any atom is -0.449 e. The third kappa shape index (κ3) is 1.81. The van der Waals surface area contributed by atoms with Gasteiger partial charge in [-0.2, -0.15) is 0 Å². The molecule has 2 aliphatic heterocycles. The van der Waals surface area contributed by atoms with E-state index in [4.69, 9.17) is 0 Å². The molecule has 3 aromatic rings. The van der Waals surface area contributed by atoms with Gasteiger partial charge >= 0.3 is 7.48 Å². The summed E-state index contributed by atoms with van der Waals surface area (Å²) in [5.41, 5.74) is 7.69. The molecule has 2 nitrogen and oxygen atoms in total. The fraction of sp³-hybridized carbons (Fsp3) is 0.273. The smallest absolute Gasteiger partial charge is 0.338 e. The molecule has 0 saturated heterocycles. The minimum atomic E-state index is -0.0918. The average Bonchev–Trinajstić information content (AvgIpc) is 3.07. The van der Waals surface area contributed by atoms with Gasteiger partial charge in [-0.25, -0.2) is 0 Å². The molecular formula is C22H21BNOS. The molecule has 1 N–H and O–H groups in total. The first kappa shape index (κ1) is 16.2. The Labute approximate surface area is 159 Å². The van der Waals surface area contributed by atoms with E-state index >= 15 is 0 Å². The lowest BCUT2D eigenvalue weighted by molar-refractivity contribution is 0.604. The number of para-hydroxylation sites is 2. The molecule has 0 spiro atoms. The number of benzene rings is 2. The Hall–Kier alpha value is -2.04. The third-order valence-electron chi connectivity index (χ3n) is 6.09. The van der Waals surface area contributed by atoms with Gasteiger partial charge in [0.05, 0.1) is 17.1 Å². The average molecular weight is 358 g/mol. The Morgan fingerprint density at radius 3 is 2.23 bits per heavy atom. The summed E-state index contributed by atoms with van der Waals surface area (Å²) in [5.74, 6) is 0. The van der Waals surface area contributed by atoms with E-state index in [1.807, 2.05) is 0 Å². The van der Waals surface area contributed by atoms with Gasteiger partial charge in [0.15, 0.2) is 0 Å². The van der Waals surface area contributed by atoms with Crippen molar-refractivity contribution in [2.24, 2.45) is 0 Å². The summed E-state index contributed by atoms with van der Waals surface area (Å²) in [7, 11) is 1.23. The van der Waals surface area contributed by atoms with Crippen molar-refractivity contribution in [2.45, 2.75) is 38.5 Å². The van der Waals surface area contributed by atoms with Crippen molar-refractivity contribution in [3.8, 4) is 0 Å². The molecule has 0 amide bonds. The lowest BCUT2D eigenvalue weighted by atomic mass is 9.68. The highest BCUT2D eigenvalue weighted by Crippen LogP contribution is 2.60. The molecule has 5 rings (SSSR count). The zero-order valence-electron chi connectivity index (χ0n) is 15.5. The van der Waals surface area contributed by atoms with Gasteiger partial charge in [-0.1, -0.05) is 64.1 Å². The number of nitrogens with zero attached hydrogens (tertiary/aromatic N) is 1. The van der Waals surface area contributed by atoms with Crippen LogP contribution in [0.4, 0.5) is 17.1 Å². The van der Waals surface area contributed by atoms with Crippen LogP contribution in [0, 0.1) is 0 Å². The van der Waals surface area contributed by atoms with Crippen LogP contribution >= 0.6 is 11.3 Å². The summed E-state index contributed by atoms with van der Waals surface area (Å²) < 4.78 is 0.903. The monoisotopic (exact) mass is 358 g/mol. The van der Waals surface area contributed by atoms with E-state index in [9.17, 15) is 5.02 Å². The first-order chi connectivity index (χ1) is 12.4. The Morgan fingerprint density at radius 2 is 1.50 bits per heavy atom. The predicted octanol–water partition coefficient (Wildman–Crippen LogP) is 4.73. The number of thiophene rings is 1. The van der Waals surface area contributed by atoms with Gasteiger partial charge in [0, 0.05) is 20.5 Å². The molecule has 0 aliphatic carbocycles. The van der Waals surface area contributed by atoms with Crippen LogP contribution in [0.15, 0.2) is 48.5 Å². The molecular weight excluding hydrogens is 337 g/mol. The highest BCUT2D eigenvalue weighted by atomic mass is 32.1. The standard InChI is InChI=1S/C22H21BNOS/c1-21(2)13-8-5-6-11-16(13)24-17-12-18(23-25)26-20(17)22(3,4)15-10-7-9-14(21)19(15)24/h5-12,25H,1-4H3. The molecule has 0 bridgehead atoms. The van der Waals surface area contributed by atoms with Crippen molar-refractivity contribution in [1.29, 1.82) is 0 Å². The minimum absolute atomic E-state index is 0.0476. The normalized spacial score (nSPS) is 18.0. The van der Waals surface area contributed by atoms with Crippen LogP contribution in [-0.4, -0.2) is 12.5 Å². The second kappa shape index (κ2) is 5.02. The first-order valence-electron chi connectivity index (χ1n) is 9.02. The highest BCUT2D eigenvalue weighted by molar-refractivity contribution is 7.21. The SMILES string of the molecule is CC1(C)c2ccccc2N2c3cc([B]O)sc3C(C)(C)c3cccc1c32. The molecule has 1 radical (unpaired) electrons. The highest BCUT2D eigenvalue weighted by Gasteiger charge is 2.45. The predicted molar refractivity (Wildman–Crippen MR) is 111 cm³/mol. The van der Waals surface area contributed by atoms with Crippen molar-refractivity contribution < 1.29 is 5.02 Å². The van der Waals surface area contributed by atoms with E-state index < -0.39 is 0 Å². The van der Waals surface area contributed by atoms with Crippen molar-refractivity contribution in [3.63, 3.8) is 0 Å². The van der Waals surface area contributed by atoms with E-state index in [2.05, 4.69) is 81.1 Å². The molecule has 4 heteroatoms. The molecule has 0 saturated carbocycles. The van der Waals surface area contributed by atoms with Crippen LogP contribution in [0.3, 0.4) is 0 Å². The molecule has 2 aliphatic rings. The largest absolute Gasteiger partial charge is 0.449 e. The van der Waals surface area contributed by atoms with E-state index in [1.54, 1.807) is 11.3 Å². The number of anilines is 3. The van der Waals surface area contributed by atoms with Crippen LogP contribution in [0.5, 0.6) is 0 Å². The number of rotatable bonds is 1. The molecule has 129 valence electrons. The summed E-state index contributed by atoms with van der Waals surface area (Å²) in [6.07, 6.45) is 0. The van der Waals surface area contributed by atoms with Crippen LogP contribution in [0.25, 0.3) is 0 Å². The molecule has 0 fully saturated rings. The van der Waals surface area contributed by atoms with Gasteiger partial charge in [0.25, 0.3) is 0 Å². The Kier molecular flexibility index (Phi) is 3.12. The van der Waals surface area contributed by atoms with Gasteiger partial charge < -0.3 is 9.92 Å². The molecule has 0 unspecified atom stereocenters. The fourth-order valence-corrected chi connectivity index (χ4v) is 5.78. The summed E-state index contributed by atoms with van der Waals surface area (Å²) in [6, 6.07) is 17.6. The lowest BCUT2D eigenvalue weighted by Crippen LogP contribution is -2.37. The molecule has 0 atom stereocenters. The maximum absolute atomic E-state index is 9.65. The van der Waals surface area contributed by atoms with Gasteiger partial charge in [0.1, 0.15) is 0 Å². The quantitative estimate of drug-likeness (QED) is 0.636. The van der Waals surface area contributed by atoms with Crippen LogP contribution in [-0.2, 0) is 10.8 Å². The van der Waals surface area contributed by atoms with Crippen molar-refractivity contribution in [3.05, 3.63) is 70.1 Å².